The van der Waals surface area contributed by atoms with Crippen molar-refractivity contribution < 1.29 is 19.4 Å². The summed E-state index contributed by atoms with van der Waals surface area (Å²) < 4.78 is 4.94. The van der Waals surface area contributed by atoms with Gasteiger partial charge in [-0.2, -0.15) is 5.26 Å². The first-order valence-electron chi connectivity index (χ1n) is 4.83. The number of nitriles is 1. The fraction of sp³-hybridized carbons (Fsp3) is 0.700. The van der Waals surface area contributed by atoms with Crippen LogP contribution in [-0.2, 0) is 9.53 Å². The number of aliphatic carboxylic acids is 1. The third kappa shape index (κ3) is 7.62. The highest BCUT2D eigenvalue weighted by atomic mass is 16.6. The first-order valence-corrected chi connectivity index (χ1v) is 4.83. The second-order valence-corrected chi connectivity index (χ2v) is 4.30. The molecule has 1 atom stereocenters. The zero-order valence-corrected chi connectivity index (χ0v) is 9.61. The molecule has 1 amide bonds. The predicted molar refractivity (Wildman–Crippen MR) is 55.6 cm³/mol. The molecule has 0 spiro atoms. The monoisotopic (exact) mass is 228 g/mol. The Morgan fingerprint density at radius 3 is 2.44 bits per heavy atom. The summed E-state index contributed by atoms with van der Waals surface area (Å²) in [5.41, 5.74) is -0.648. The van der Waals surface area contributed by atoms with E-state index in [-0.39, 0.29) is 12.8 Å². The van der Waals surface area contributed by atoms with Crippen LogP contribution in [-0.4, -0.2) is 28.8 Å². The van der Waals surface area contributed by atoms with E-state index in [2.05, 4.69) is 5.32 Å². The van der Waals surface area contributed by atoms with Crippen LogP contribution in [0.4, 0.5) is 4.79 Å². The number of hydrogen-bond donors (Lipinski definition) is 2. The van der Waals surface area contributed by atoms with Crippen molar-refractivity contribution in [3.63, 3.8) is 0 Å². The molecule has 0 rings (SSSR count). The molecule has 0 aliphatic carbocycles. The number of alkyl carbamates (subject to hydrolysis) is 1. The Bertz CT molecular complexity index is 301. The van der Waals surface area contributed by atoms with E-state index in [4.69, 9.17) is 15.1 Å². The van der Waals surface area contributed by atoms with Crippen molar-refractivity contribution in [3.05, 3.63) is 0 Å². The van der Waals surface area contributed by atoms with Crippen LogP contribution in [0.5, 0.6) is 0 Å². The van der Waals surface area contributed by atoms with E-state index in [0.717, 1.165) is 0 Å². The number of nitrogens with one attached hydrogen (secondary N) is 1. The van der Waals surface area contributed by atoms with Gasteiger partial charge < -0.3 is 15.2 Å². The molecule has 2 N–H and O–H groups in total. The first-order chi connectivity index (χ1) is 7.24. The van der Waals surface area contributed by atoms with Gasteiger partial charge in [-0.05, 0) is 20.8 Å². The van der Waals surface area contributed by atoms with Gasteiger partial charge in [-0.3, -0.25) is 4.79 Å². The molecule has 0 aliphatic heterocycles. The third-order valence-corrected chi connectivity index (χ3v) is 1.48. The summed E-state index contributed by atoms with van der Waals surface area (Å²) >= 11 is 0. The number of carbonyl (C=O) groups excluding carboxylic acids is 1. The van der Waals surface area contributed by atoms with Crippen molar-refractivity contribution in [3.8, 4) is 6.07 Å². The second kappa shape index (κ2) is 5.95. The molecule has 0 saturated carbocycles. The fourth-order valence-electron chi connectivity index (χ4n) is 0.969. The standard InChI is InChI=1S/C10H16N2O4/c1-10(2,3)16-9(15)12-7(4-5-11)6-8(13)14/h7H,4,6H2,1-3H3,(H,12,15)(H,13,14). The first kappa shape index (κ1) is 14.2. The Labute approximate surface area is 94.2 Å². The summed E-state index contributed by atoms with van der Waals surface area (Å²) in [4.78, 5) is 21.7. The van der Waals surface area contributed by atoms with Crippen LogP contribution in [0.25, 0.3) is 0 Å². The van der Waals surface area contributed by atoms with Gasteiger partial charge in [-0.15, -0.1) is 0 Å². The van der Waals surface area contributed by atoms with Gasteiger partial charge >= 0.3 is 12.1 Å². The minimum Gasteiger partial charge on any atom is -0.481 e. The average molecular weight is 228 g/mol. The van der Waals surface area contributed by atoms with Gasteiger partial charge in [0.15, 0.2) is 0 Å². The van der Waals surface area contributed by atoms with Crippen molar-refractivity contribution in [1.29, 1.82) is 5.26 Å². The highest BCUT2D eigenvalue weighted by Crippen LogP contribution is 2.07. The van der Waals surface area contributed by atoms with Gasteiger partial charge in [0.25, 0.3) is 0 Å². The highest BCUT2D eigenvalue weighted by molar-refractivity contribution is 5.71. The molecular formula is C10H16N2O4. The molecule has 0 radical (unpaired) electrons. The van der Waals surface area contributed by atoms with Gasteiger partial charge in [-0.25, -0.2) is 4.79 Å². The number of amides is 1. The van der Waals surface area contributed by atoms with Gasteiger partial charge in [0.05, 0.1) is 25.0 Å². The van der Waals surface area contributed by atoms with Gasteiger partial charge in [-0.1, -0.05) is 0 Å². The maximum atomic E-state index is 11.3. The number of rotatable bonds is 4. The molecule has 90 valence electrons. The predicted octanol–water partition coefficient (Wildman–Crippen LogP) is 1.27. The number of hydrogen-bond acceptors (Lipinski definition) is 4. The normalized spacial score (nSPS) is 12.4. The lowest BCUT2D eigenvalue weighted by atomic mass is 10.1. The van der Waals surface area contributed by atoms with Crippen molar-refractivity contribution in [2.24, 2.45) is 0 Å². The van der Waals surface area contributed by atoms with E-state index in [1.165, 1.54) is 0 Å². The van der Waals surface area contributed by atoms with Crippen LogP contribution in [0, 0.1) is 11.3 Å². The zero-order valence-electron chi connectivity index (χ0n) is 9.61. The quantitative estimate of drug-likeness (QED) is 0.754. The molecule has 0 saturated heterocycles. The largest absolute Gasteiger partial charge is 0.481 e. The zero-order chi connectivity index (χ0) is 12.8. The van der Waals surface area contributed by atoms with E-state index in [1.54, 1.807) is 20.8 Å². The van der Waals surface area contributed by atoms with Crippen LogP contribution in [0.1, 0.15) is 33.6 Å². The Balaban J connectivity index is 4.24. The third-order valence-electron chi connectivity index (χ3n) is 1.48. The van der Waals surface area contributed by atoms with E-state index in [9.17, 15) is 9.59 Å². The summed E-state index contributed by atoms with van der Waals surface area (Å²) in [6.45, 7) is 5.09. The minimum atomic E-state index is -1.07. The maximum absolute atomic E-state index is 11.3. The molecule has 1 unspecified atom stereocenters. The molecule has 0 aromatic heterocycles. The van der Waals surface area contributed by atoms with Crippen LogP contribution in [0.15, 0.2) is 0 Å². The van der Waals surface area contributed by atoms with Crippen LogP contribution in [0.3, 0.4) is 0 Å². The lowest BCUT2D eigenvalue weighted by molar-refractivity contribution is -0.137. The fourth-order valence-corrected chi connectivity index (χ4v) is 0.969. The Morgan fingerprint density at radius 2 is 2.06 bits per heavy atom. The highest BCUT2D eigenvalue weighted by Gasteiger charge is 2.20. The second-order valence-electron chi connectivity index (χ2n) is 4.30. The molecule has 0 aromatic carbocycles. The van der Waals surface area contributed by atoms with E-state index in [1.807, 2.05) is 6.07 Å². The van der Waals surface area contributed by atoms with Crippen molar-refractivity contribution in [2.75, 3.05) is 0 Å². The number of nitrogens with zero attached hydrogens (tertiary/aromatic N) is 1. The van der Waals surface area contributed by atoms with Crippen molar-refractivity contribution in [2.45, 2.75) is 45.3 Å². The summed E-state index contributed by atoms with van der Waals surface area (Å²) in [5, 5.41) is 19.4. The van der Waals surface area contributed by atoms with Crippen molar-refractivity contribution in [1.82, 2.24) is 5.32 Å². The molecule has 0 aliphatic rings. The number of carboxylic acid groups (broad SMARTS) is 1. The summed E-state index contributed by atoms with van der Waals surface area (Å²) in [7, 11) is 0. The molecule has 0 heterocycles. The molecule has 6 nitrogen and oxygen atoms in total. The van der Waals surface area contributed by atoms with Crippen LogP contribution >= 0.6 is 0 Å². The molecule has 0 bridgehead atoms. The SMILES string of the molecule is CC(C)(C)OC(=O)NC(CC#N)CC(=O)O. The molecule has 0 fully saturated rings. The lowest BCUT2D eigenvalue weighted by Crippen LogP contribution is -2.40. The molecule has 0 aromatic rings. The molecule has 6 heteroatoms. The number of ether oxygens (including phenoxy) is 1. The van der Waals surface area contributed by atoms with Gasteiger partial charge in [0, 0.05) is 0 Å². The van der Waals surface area contributed by atoms with Gasteiger partial charge in [0.2, 0.25) is 0 Å². The average Bonchev–Trinajstić information content (AvgIpc) is 1.98. The summed E-state index contributed by atoms with van der Waals surface area (Å²) in [6.07, 6.45) is -1.08. The van der Waals surface area contributed by atoms with Crippen LogP contribution in [0.2, 0.25) is 0 Å². The Kier molecular flexibility index (Phi) is 5.30. The van der Waals surface area contributed by atoms with Gasteiger partial charge in [0.1, 0.15) is 5.60 Å². The molecular weight excluding hydrogens is 212 g/mol. The van der Waals surface area contributed by atoms with Crippen LogP contribution < -0.4 is 5.32 Å². The Hall–Kier alpha value is -1.77. The minimum absolute atomic E-state index is 0.0639. The topological polar surface area (TPSA) is 99.4 Å². The van der Waals surface area contributed by atoms with Crippen molar-refractivity contribution >= 4 is 12.1 Å². The Morgan fingerprint density at radius 1 is 1.50 bits per heavy atom. The smallest absolute Gasteiger partial charge is 0.407 e. The number of carbonyl (C=O) groups is 2. The maximum Gasteiger partial charge on any atom is 0.407 e. The van der Waals surface area contributed by atoms with E-state index < -0.39 is 23.7 Å². The van der Waals surface area contributed by atoms with E-state index >= 15 is 0 Å². The summed E-state index contributed by atoms with van der Waals surface area (Å²) in [6, 6.07) is 1.08. The lowest BCUT2D eigenvalue weighted by Gasteiger charge is -2.21. The summed E-state index contributed by atoms with van der Waals surface area (Å²) in [5.74, 6) is -1.07. The molecule has 16 heavy (non-hydrogen) atoms. The van der Waals surface area contributed by atoms with E-state index in [0.29, 0.717) is 0 Å². The number of carboxylic acids is 1.